The third kappa shape index (κ3) is 4.21. The molecule has 0 N–H and O–H groups in total. The highest BCUT2D eigenvalue weighted by molar-refractivity contribution is 9.10. The van der Waals surface area contributed by atoms with E-state index in [4.69, 9.17) is 15.0 Å². The van der Waals surface area contributed by atoms with Crippen molar-refractivity contribution < 1.29 is 9.53 Å². The van der Waals surface area contributed by atoms with E-state index in [0.717, 1.165) is 36.0 Å². The van der Waals surface area contributed by atoms with Gasteiger partial charge in [0.05, 0.1) is 23.3 Å². The van der Waals surface area contributed by atoms with Crippen LogP contribution in [0.2, 0.25) is 0 Å². The molecule has 0 radical (unpaired) electrons. The molecule has 0 aliphatic carbocycles. The summed E-state index contributed by atoms with van der Waals surface area (Å²) in [5.41, 5.74) is 1.04. The number of thioether (sulfide) groups is 1. The molecule has 28 heavy (non-hydrogen) atoms. The van der Waals surface area contributed by atoms with Gasteiger partial charge in [0.1, 0.15) is 4.21 Å². The van der Waals surface area contributed by atoms with Crippen molar-refractivity contribution in [1.29, 1.82) is 5.26 Å². The predicted octanol–water partition coefficient (Wildman–Crippen LogP) is 4.43. The van der Waals surface area contributed by atoms with Crippen LogP contribution in [-0.4, -0.2) is 46.2 Å². The third-order valence-electron chi connectivity index (χ3n) is 4.44. The number of methoxy groups -OCH3 is 1. The van der Waals surface area contributed by atoms with Crippen molar-refractivity contribution >= 4 is 50.8 Å². The highest BCUT2D eigenvalue weighted by Crippen LogP contribution is 2.41. The van der Waals surface area contributed by atoms with Crippen molar-refractivity contribution in [3.63, 3.8) is 0 Å². The van der Waals surface area contributed by atoms with Crippen molar-refractivity contribution in [3.05, 3.63) is 15.9 Å². The molecule has 0 aromatic carbocycles. The Labute approximate surface area is 181 Å². The second kappa shape index (κ2) is 8.84. The average molecular weight is 484 g/mol. The molecular formula is C18H22BrN5O2S2. The second-order valence-corrected chi connectivity index (χ2v) is 10.4. The smallest absolute Gasteiger partial charge is 0.358 e. The number of piperidine rings is 1. The summed E-state index contributed by atoms with van der Waals surface area (Å²) in [6.07, 6.45) is 1.68. The minimum absolute atomic E-state index is 0.117. The van der Waals surface area contributed by atoms with Gasteiger partial charge >= 0.3 is 5.97 Å². The van der Waals surface area contributed by atoms with Gasteiger partial charge < -0.3 is 9.64 Å². The number of rotatable bonds is 5. The number of nitrogens with zero attached hydrogens (tertiary/aromatic N) is 5. The predicted molar refractivity (Wildman–Crippen MR) is 115 cm³/mol. The normalized spacial score (nSPS) is 15.1. The van der Waals surface area contributed by atoms with E-state index in [2.05, 4.69) is 45.8 Å². The fraction of sp³-hybridized carbons (Fsp3) is 0.556. The number of thiazole rings is 1. The summed E-state index contributed by atoms with van der Waals surface area (Å²) in [5, 5.41) is 14.7. The van der Waals surface area contributed by atoms with Gasteiger partial charge in [0.15, 0.2) is 11.5 Å². The molecule has 1 aliphatic rings. The largest absolute Gasteiger partial charge is 0.464 e. The van der Waals surface area contributed by atoms with E-state index >= 15 is 0 Å². The van der Waals surface area contributed by atoms with Crippen LogP contribution < -0.4 is 4.90 Å². The van der Waals surface area contributed by atoms with Crippen LogP contribution in [0.1, 0.15) is 42.9 Å². The van der Waals surface area contributed by atoms with Gasteiger partial charge in [-0.1, -0.05) is 25.2 Å². The van der Waals surface area contributed by atoms with Crippen molar-refractivity contribution in [1.82, 2.24) is 14.8 Å². The molecule has 2 aromatic rings. The van der Waals surface area contributed by atoms with Crippen LogP contribution in [0.15, 0.2) is 8.68 Å². The molecule has 3 rings (SSSR count). The van der Waals surface area contributed by atoms with Gasteiger partial charge in [-0.15, -0.1) is 11.8 Å². The van der Waals surface area contributed by atoms with Crippen molar-refractivity contribution in [3.8, 4) is 11.2 Å². The van der Waals surface area contributed by atoms with Gasteiger partial charge in [-0.3, -0.25) is 0 Å². The Morgan fingerprint density at radius 1 is 1.43 bits per heavy atom. The maximum Gasteiger partial charge on any atom is 0.358 e. The Kier molecular flexibility index (Phi) is 6.68. The number of nitriles is 1. The van der Waals surface area contributed by atoms with Crippen LogP contribution in [0.5, 0.6) is 0 Å². The highest BCUT2D eigenvalue weighted by Gasteiger charge is 2.28. The molecule has 0 unspecified atom stereocenters. The minimum atomic E-state index is -0.461. The molecule has 0 atom stereocenters. The van der Waals surface area contributed by atoms with Crippen LogP contribution in [0.3, 0.4) is 0 Å². The van der Waals surface area contributed by atoms with Crippen LogP contribution in [0.4, 0.5) is 5.82 Å². The first-order chi connectivity index (χ1) is 13.3. The molecular weight excluding hydrogens is 462 g/mol. The van der Waals surface area contributed by atoms with Crippen LogP contribution in [-0.2, 0) is 4.74 Å². The minimum Gasteiger partial charge on any atom is -0.464 e. The molecule has 0 amide bonds. The number of ether oxygens (including phenoxy) is 1. The molecule has 0 spiro atoms. The standard InChI is InChI=1S/C18H22BrN5O2S2/c1-10(2)27-17-15(23-7-5-12(9-20)6-8-23)21-18(28-17)24-14(16(25)26-4)13(19)11(3)22-24/h10,12H,5-8H2,1-4H3. The molecule has 150 valence electrons. The Morgan fingerprint density at radius 3 is 2.68 bits per heavy atom. The quantitative estimate of drug-likeness (QED) is 0.459. The zero-order chi connectivity index (χ0) is 20.4. The van der Waals surface area contributed by atoms with Gasteiger partial charge in [0.2, 0.25) is 5.13 Å². The number of aryl methyl sites for hydroxylation is 1. The lowest BCUT2D eigenvalue weighted by atomic mass is 9.99. The summed E-state index contributed by atoms with van der Waals surface area (Å²) in [5.74, 6) is 0.568. The molecule has 3 heterocycles. The Bertz CT molecular complexity index is 910. The van der Waals surface area contributed by atoms with Crippen molar-refractivity contribution in [2.75, 3.05) is 25.1 Å². The number of halogens is 1. The molecule has 2 aromatic heterocycles. The number of aromatic nitrogens is 3. The van der Waals surface area contributed by atoms with E-state index in [1.165, 1.54) is 18.4 Å². The first kappa shape index (κ1) is 21.1. The molecule has 1 aliphatic heterocycles. The van der Waals surface area contributed by atoms with Crippen LogP contribution in [0, 0.1) is 24.2 Å². The number of anilines is 1. The monoisotopic (exact) mass is 483 g/mol. The topological polar surface area (TPSA) is 84.0 Å². The lowest BCUT2D eigenvalue weighted by Gasteiger charge is -2.30. The molecule has 1 saturated heterocycles. The molecule has 0 bridgehead atoms. The Morgan fingerprint density at radius 2 is 2.11 bits per heavy atom. The third-order valence-corrected chi connectivity index (χ3v) is 7.61. The molecule has 10 heteroatoms. The Hall–Kier alpha value is -1.57. The summed E-state index contributed by atoms with van der Waals surface area (Å²) in [7, 11) is 1.36. The van der Waals surface area contributed by atoms with Gasteiger partial charge in [0, 0.05) is 24.3 Å². The SMILES string of the molecule is COC(=O)c1c(Br)c(C)nn1-c1nc(N2CCC(C#N)CC2)c(SC(C)C)s1. The van der Waals surface area contributed by atoms with E-state index in [-0.39, 0.29) is 5.92 Å². The zero-order valence-electron chi connectivity index (χ0n) is 16.2. The van der Waals surface area contributed by atoms with Crippen molar-refractivity contribution in [2.45, 2.75) is 43.1 Å². The summed E-state index contributed by atoms with van der Waals surface area (Å²) >= 11 is 6.72. The second-order valence-electron chi connectivity index (χ2n) is 6.82. The Balaban J connectivity index is 2.02. The summed E-state index contributed by atoms with van der Waals surface area (Å²) in [6.45, 7) is 7.73. The highest BCUT2D eigenvalue weighted by atomic mass is 79.9. The average Bonchev–Trinajstić information content (AvgIpc) is 3.22. The number of esters is 1. The maximum atomic E-state index is 12.3. The summed E-state index contributed by atoms with van der Waals surface area (Å²) < 4.78 is 8.21. The van der Waals surface area contributed by atoms with Crippen LogP contribution >= 0.6 is 39.0 Å². The van der Waals surface area contributed by atoms with E-state index < -0.39 is 5.97 Å². The molecule has 0 saturated carbocycles. The summed E-state index contributed by atoms with van der Waals surface area (Å²) in [4.78, 5) is 19.4. The van der Waals surface area contributed by atoms with E-state index in [9.17, 15) is 4.79 Å². The van der Waals surface area contributed by atoms with Crippen molar-refractivity contribution in [2.24, 2.45) is 5.92 Å². The molecule has 7 nitrogen and oxygen atoms in total. The first-order valence-corrected chi connectivity index (χ1v) is 11.5. The number of carbonyl (C=O) groups excluding carboxylic acids is 1. The first-order valence-electron chi connectivity index (χ1n) is 9.01. The van der Waals surface area contributed by atoms with Gasteiger partial charge in [0.25, 0.3) is 0 Å². The van der Waals surface area contributed by atoms with Gasteiger partial charge in [-0.2, -0.15) is 20.0 Å². The van der Waals surface area contributed by atoms with E-state index in [0.29, 0.717) is 26.2 Å². The fourth-order valence-electron chi connectivity index (χ4n) is 3.01. The maximum absolute atomic E-state index is 12.3. The fourth-order valence-corrected chi connectivity index (χ4v) is 5.90. The number of hydrogen-bond acceptors (Lipinski definition) is 8. The number of hydrogen-bond donors (Lipinski definition) is 0. The van der Waals surface area contributed by atoms with Gasteiger partial charge in [-0.25, -0.2) is 4.79 Å². The van der Waals surface area contributed by atoms with Gasteiger partial charge in [-0.05, 0) is 35.7 Å². The molecule has 1 fully saturated rings. The summed E-state index contributed by atoms with van der Waals surface area (Å²) in [6, 6.07) is 2.37. The lowest BCUT2D eigenvalue weighted by molar-refractivity contribution is 0.0589. The van der Waals surface area contributed by atoms with E-state index in [1.807, 2.05) is 6.92 Å². The zero-order valence-corrected chi connectivity index (χ0v) is 19.4. The number of carbonyl (C=O) groups is 1. The van der Waals surface area contributed by atoms with E-state index in [1.54, 1.807) is 16.4 Å². The lowest BCUT2D eigenvalue weighted by Crippen LogP contribution is -2.33. The van der Waals surface area contributed by atoms with Crippen LogP contribution in [0.25, 0.3) is 5.13 Å².